The first-order valence-corrected chi connectivity index (χ1v) is 12.5. The molecule has 2 aromatic carbocycles. The van der Waals surface area contributed by atoms with Crippen molar-refractivity contribution >= 4 is 13.8 Å². The predicted molar refractivity (Wildman–Crippen MR) is 115 cm³/mol. The second-order valence-electron chi connectivity index (χ2n) is 7.77. The zero-order valence-corrected chi connectivity index (χ0v) is 17.3. The third kappa shape index (κ3) is 6.55. The number of rotatable bonds is 7. The number of para-hydroxylation sites is 1. The molecule has 0 aliphatic carbocycles. The molecule has 0 saturated carbocycles. The maximum Gasteiger partial charge on any atom is 0.129 e. The van der Waals surface area contributed by atoms with Gasteiger partial charge < -0.3 is 10.1 Å². The molecule has 0 aromatic heterocycles. The van der Waals surface area contributed by atoms with Gasteiger partial charge in [-0.05, 0) is 24.6 Å². The lowest BCUT2D eigenvalue weighted by Crippen LogP contribution is -2.37. The Balaban J connectivity index is 2.08. The summed E-state index contributed by atoms with van der Waals surface area (Å²) in [6.45, 7) is 14.0. The van der Waals surface area contributed by atoms with Crippen molar-refractivity contribution in [3.63, 3.8) is 0 Å². The van der Waals surface area contributed by atoms with Crippen molar-refractivity contribution in [1.29, 1.82) is 0 Å². The van der Waals surface area contributed by atoms with Crippen LogP contribution in [0.15, 0.2) is 67.3 Å². The zero-order valence-electron chi connectivity index (χ0n) is 16.3. The van der Waals surface area contributed by atoms with Gasteiger partial charge >= 0.3 is 0 Å². The molecule has 1 N–H and O–H groups in total. The van der Waals surface area contributed by atoms with Gasteiger partial charge in [0.05, 0.1) is 24.4 Å². The zero-order chi connectivity index (χ0) is 19.0. The maximum atomic E-state index is 5.94. The van der Waals surface area contributed by atoms with E-state index in [0.717, 1.165) is 11.3 Å². The molecule has 0 amide bonds. The SMILES string of the molecule is C=CC(C)(COCc1ccccc1)Nc1ccccc1C#C[Si](C)(C)C. The molecule has 0 spiro atoms. The first kappa shape index (κ1) is 20.0. The normalized spacial score (nSPS) is 13.2. The highest BCUT2D eigenvalue weighted by atomic mass is 28.3. The van der Waals surface area contributed by atoms with E-state index in [9.17, 15) is 0 Å². The van der Waals surface area contributed by atoms with E-state index < -0.39 is 8.07 Å². The quantitative estimate of drug-likeness (QED) is 0.399. The van der Waals surface area contributed by atoms with Crippen LogP contribution < -0.4 is 5.32 Å². The lowest BCUT2D eigenvalue weighted by Gasteiger charge is -2.29. The molecule has 3 heteroatoms. The fraction of sp³-hybridized carbons (Fsp3) is 0.304. The highest BCUT2D eigenvalue weighted by molar-refractivity contribution is 6.83. The van der Waals surface area contributed by atoms with Crippen LogP contribution in [0.5, 0.6) is 0 Å². The average molecular weight is 364 g/mol. The van der Waals surface area contributed by atoms with Crippen molar-refractivity contribution in [3.8, 4) is 11.5 Å². The molecule has 2 aromatic rings. The number of anilines is 1. The summed E-state index contributed by atoms with van der Waals surface area (Å²) in [7, 11) is -1.42. The van der Waals surface area contributed by atoms with Gasteiger partial charge in [-0.3, -0.25) is 0 Å². The minimum Gasteiger partial charge on any atom is -0.374 e. The van der Waals surface area contributed by atoms with E-state index in [0.29, 0.717) is 13.2 Å². The Morgan fingerprint density at radius 1 is 1.08 bits per heavy atom. The summed E-state index contributed by atoms with van der Waals surface area (Å²) in [6.07, 6.45) is 1.90. The fourth-order valence-electron chi connectivity index (χ4n) is 2.36. The van der Waals surface area contributed by atoms with Gasteiger partial charge in [0.1, 0.15) is 8.07 Å². The molecule has 0 fully saturated rings. The third-order valence-electron chi connectivity index (χ3n) is 3.88. The van der Waals surface area contributed by atoms with Gasteiger partial charge in [-0.25, -0.2) is 0 Å². The topological polar surface area (TPSA) is 21.3 Å². The molecule has 2 rings (SSSR count). The lowest BCUT2D eigenvalue weighted by molar-refractivity contribution is 0.0988. The number of ether oxygens (including phenoxy) is 1. The molecule has 0 radical (unpaired) electrons. The van der Waals surface area contributed by atoms with Crippen molar-refractivity contribution in [1.82, 2.24) is 0 Å². The number of hydrogen-bond acceptors (Lipinski definition) is 2. The molecule has 26 heavy (non-hydrogen) atoms. The molecule has 1 atom stereocenters. The minimum atomic E-state index is -1.42. The second-order valence-corrected chi connectivity index (χ2v) is 12.5. The van der Waals surface area contributed by atoms with E-state index in [1.54, 1.807) is 0 Å². The molecule has 0 saturated heterocycles. The smallest absolute Gasteiger partial charge is 0.129 e. The summed E-state index contributed by atoms with van der Waals surface area (Å²) < 4.78 is 5.94. The van der Waals surface area contributed by atoms with E-state index in [-0.39, 0.29) is 5.54 Å². The average Bonchev–Trinajstić information content (AvgIpc) is 2.61. The van der Waals surface area contributed by atoms with Crippen LogP contribution in [0, 0.1) is 11.5 Å². The van der Waals surface area contributed by atoms with Crippen LogP contribution >= 0.6 is 0 Å². The Bertz CT molecular complexity index is 783. The van der Waals surface area contributed by atoms with Crippen molar-refractivity contribution in [2.45, 2.75) is 38.7 Å². The van der Waals surface area contributed by atoms with Crippen molar-refractivity contribution in [2.75, 3.05) is 11.9 Å². The van der Waals surface area contributed by atoms with Crippen LogP contribution in [0.3, 0.4) is 0 Å². The molecule has 2 nitrogen and oxygen atoms in total. The van der Waals surface area contributed by atoms with Gasteiger partial charge in [0.2, 0.25) is 0 Å². The molecule has 136 valence electrons. The van der Waals surface area contributed by atoms with Gasteiger partial charge in [-0.15, -0.1) is 12.1 Å². The van der Waals surface area contributed by atoms with E-state index in [1.165, 1.54) is 5.56 Å². The van der Waals surface area contributed by atoms with Crippen molar-refractivity contribution in [2.24, 2.45) is 0 Å². The summed E-state index contributed by atoms with van der Waals surface area (Å²) in [6, 6.07) is 18.4. The maximum absolute atomic E-state index is 5.94. The lowest BCUT2D eigenvalue weighted by atomic mass is 10.0. The van der Waals surface area contributed by atoms with E-state index >= 15 is 0 Å². The molecule has 0 heterocycles. The summed E-state index contributed by atoms with van der Waals surface area (Å²) in [5, 5.41) is 3.57. The second kappa shape index (κ2) is 8.89. The van der Waals surface area contributed by atoms with Crippen LogP contribution in [0.2, 0.25) is 19.6 Å². The summed E-state index contributed by atoms with van der Waals surface area (Å²) in [5.41, 5.74) is 6.27. The molecule has 0 aliphatic heterocycles. The van der Waals surface area contributed by atoms with Crippen molar-refractivity contribution in [3.05, 3.63) is 78.4 Å². The van der Waals surface area contributed by atoms with Crippen molar-refractivity contribution < 1.29 is 4.74 Å². The van der Waals surface area contributed by atoms with Crippen LogP contribution in [-0.4, -0.2) is 20.2 Å². The largest absolute Gasteiger partial charge is 0.374 e. The first-order valence-electron chi connectivity index (χ1n) is 8.97. The Morgan fingerprint density at radius 3 is 2.38 bits per heavy atom. The predicted octanol–water partition coefficient (Wildman–Crippen LogP) is 5.49. The summed E-state index contributed by atoms with van der Waals surface area (Å²) >= 11 is 0. The van der Waals surface area contributed by atoms with E-state index in [4.69, 9.17) is 4.74 Å². The van der Waals surface area contributed by atoms with E-state index in [2.05, 4.69) is 74.2 Å². The molecular formula is C23H29NOSi. The highest BCUT2D eigenvalue weighted by Crippen LogP contribution is 2.21. The number of nitrogens with one attached hydrogen (secondary N) is 1. The Hall–Kier alpha value is -2.28. The van der Waals surface area contributed by atoms with Crippen LogP contribution in [-0.2, 0) is 11.3 Å². The molecule has 0 bridgehead atoms. The third-order valence-corrected chi connectivity index (χ3v) is 4.76. The van der Waals surface area contributed by atoms with Gasteiger partial charge in [-0.1, -0.05) is 74.1 Å². The fourth-order valence-corrected chi connectivity index (χ4v) is 2.87. The van der Waals surface area contributed by atoms with Gasteiger partial charge in [0.15, 0.2) is 0 Å². The summed E-state index contributed by atoms with van der Waals surface area (Å²) in [4.78, 5) is 0. The molecule has 1 unspecified atom stereocenters. The Kier molecular flexibility index (Phi) is 6.85. The van der Waals surface area contributed by atoms with Crippen LogP contribution in [0.25, 0.3) is 0 Å². The van der Waals surface area contributed by atoms with Gasteiger partial charge in [0.25, 0.3) is 0 Å². The van der Waals surface area contributed by atoms with E-state index in [1.807, 2.05) is 36.4 Å². The number of hydrogen-bond donors (Lipinski definition) is 1. The van der Waals surface area contributed by atoms with Gasteiger partial charge in [-0.2, -0.15) is 0 Å². The monoisotopic (exact) mass is 363 g/mol. The standard InChI is InChI=1S/C23H29NOSi/c1-6-23(2,19-25-18-20-12-8-7-9-13-20)24-22-15-11-10-14-21(22)16-17-26(3,4)5/h6-15,24H,1,18-19H2,2-5H3. The van der Waals surface area contributed by atoms with Crippen LogP contribution in [0.1, 0.15) is 18.1 Å². The first-order chi connectivity index (χ1) is 12.3. The Labute approximate surface area is 159 Å². The highest BCUT2D eigenvalue weighted by Gasteiger charge is 2.21. The number of benzene rings is 2. The Morgan fingerprint density at radius 2 is 1.73 bits per heavy atom. The molecule has 0 aliphatic rings. The minimum absolute atomic E-state index is 0.369. The summed E-state index contributed by atoms with van der Waals surface area (Å²) in [5.74, 6) is 3.36. The van der Waals surface area contributed by atoms with Gasteiger partial charge in [0, 0.05) is 5.56 Å². The molecular weight excluding hydrogens is 334 g/mol. The van der Waals surface area contributed by atoms with Crippen LogP contribution in [0.4, 0.5) is 5.69 Å².